The summed E-state index contributed by atoms with van der Waals surface area (Å²) in [5, 5.41) is 0. The molecule has 1 aromatic rings. The van der Waals surface area contributed by atoms with Gasteiger partial charge in [0.15, 0.2) is 0 Å². The molecule has 0 bridgehead atoms. The highest BCUT2D eigenvalue weighted by Crippen LogP contribution is 2.23. The molecule has 0 spiro atoms. The zero-order valence-corrected chi connectivity index (χ0v) is 9.34. The SMILES string of the molecule is Cc1ccc(SOC2COC2)cc1.O.O. The second kappa shape index (κ2) is 6.81. The van der Waals surface area contributed by atoms with Gasteiger partial charge < -0.3 is 19.9 Å². The van der Waals surface area contributed by atoms with Crippen LogP contribution in [0, 0.1) is 6.92 Å². The summed E-state index contributed by atoms with van der Waals surface area (Å²) in [6, 6.07) is 8.31. The number of ether oxygens (including phenoxy) is 1. The van der Waals surface area contributed by atoms with Crippen molar-refractivity contribution in [2.45, 2.75) is 17.9 Å². The molecule has 1 aliphatic rings. The van der Waals surface area contributed by atoms with Gasteiger partial charge in [-0.15, -0.1) is 0 Å². The first-order chi connectivity index (χ1) is 6.34. The molecule has 0 amide bonds. The highest BCUT2D eigenvalue weighted by Gasteiger charge is 2.19. The molecular formula is C10H16O4S. The minimum Gasteiger partial charge on any atom is -0.412 e. The van der Waals surface area contributed by atoms with Crippen LogP contribution in [-0.2, 0) is 8.92 Å². The Morgan fingerprint density at radius 3 is 2.27 bits per heavy atom. The van der Waals surface area contributed by atoms with Crippen LogP contribution in [0.15, 0.2) is 29.2 Å². The molecule has 15 heavy (non-hydrogen) atoms. The molecule has 1 fully saturated rings. The molecule has 4 N–H and O–H groups in total. The van der Waals surface area contributed by atoms with Crippen LogP contribution in [0.25, 0.3) is 0 Å². The molecule has 0 saturated carbocycles. The minimum absolute atomic E-state index is 0. The van der Waals surface area contributed by atoms with Crippen molar-refractivity contribution in [1.82, 2.24) is 0 Å². The Balaban J connectivity index is 0.000000980. The van der Waals surface area contributed by atoms with E-state index in [9.17, 15) is 0 Å². The third kappa shape index (κ3) is 4.19. The summed E-state index contributed by atoms with van der Waals surface area (Å²) < 4.78 is 10.5. The quantitative estimate of drug-likeness (QED) is 0.722. The van der Waals surface area contributed by atoms with Crippen LogP contribution in [0.1, 0.15) is 5.56 Å². The molecule has 0 radical (unpaired) electrons. The van der Waals surface area contributed by atoms with Gasteiger partial charge in [0.25, 0.3) is 0 Å². The van der Waals surface area contributed by atoms with Crippen LogP contribution < -0.4 is 0 Å². The van der Waals surface area contributed by atoms with Crippen molar-refractivity contribution in [3.63, 3.8) is 0 Å². The monoisotopic (exact) mass is 232 g/mol. The summed E-state index contributed by atoms with van der Waals surface area (Å²) in [6.07, 6.45) is 0.284. The third-order valence-electron chi connectivity index (χ3n) is 1.91. The van der Waals surface area contributed by atoms with Crippen molar-refractivity contribution in [3.8, 4) is 0 Å². The molecule has 0 aromatic heterocycles. The van der Waals surface area contributed by atoms with E-state index in [-0.39, 0.29) is 17.1 Å². The first-order valence-electron chi connectivity index (χ1n) is 4.32. The lowest BCUT2D eigenvalue weighted by molar-refractivity contribution is -0.0715. The lowest BCUT2D eigenvalue weighted by Crippen LogP contribution is -2.34. The largest absolute Gasteiger partial charge is 0.412 e. The summed E-state index contributed by atoms with van der Waals surface area (Å²) in [7, 11) is 0. The Morgan fingerprint density at radius 1 is 1.20 bits per heavy atom. The molecule has 0 unspecified atom stereocenters. The third-order valence-corrected chi connectivity index (χ3v) is 2.74. The molecule has 1 aliphatic heterocycles. The van der Waals surface area contributed by atoms with Gasteiger partial charge in [-0.2, -0.15) is 0 Å². The van der Waals surface area contributed by atoms with E-state index in [2.05, 4.69) is 31.2 Å². The maximum atomic E-state index is 5.50. The van der Waals surface area contributed by atoms with Gasteiger partial charge in [-0.25, -0.2) is 0 Å². The van der Waals surface area contributed by atoms with Crippen molar-refractivity contribution < 1.29 is 19.9 Å². The number of benzene rings is 1. The number of hydrogen-bond donors (Lipinski definition) is 0. The van der Waals surface area contributed by atoms with Crippen molar-refractivity contribution in [3.05, 3.63) is 29.8 Å². The van der Waals surface area contributed by atoms with Crippen LogP contribution in [-0.4, -0.2) is 30.3 Å². The first kappa shape index (κ1) is 14.4. The first-order valence-corrected chi connectivity index (χ1v) is 5.06. The maximum Gasteiger partial charge on any atom is 0.119 e. The van der Waals surface area contributed by atoms with Crippen molar-refractivity contribution >= 4 is 12.0 Å². The standard InChI is InChI=1S/C10H12O2S.2H2O/c1-8-2-4-10(5-3-8)13-12-9-6-11-7-9;;/h2-5,9H,6-7H2,1H3;2*1H2. The Kier molecular flexibility index (Phi) is 6.55. The van der Waals surface area contributed by atoms with Crippen molar-refractivity contribution in [2.24, 2.45) is 0 Å². The second-order valence-corrected chi connectivity index (χ2v) is 3.98. The van der Waals surface area contributed by atoms with Crippen LogP contribution in [0.3, 0.4) is 0 Å². The topological polar surface area (TPSA) is 81.5 Å². The normalized spacial score (nSPS) is 14.7. The number of rotatable bonds is 3. The molecule has 4 nitrogen and oxygen atoms in total. The molecule has 1 aromatic carbocycles. The summed E-state index contributed by atoms with van der Waals surface area (Å²) in [5.74, 6) is 0. The smallest absolute Gasteiger partial charge is 0.119 e. The summed E-state index contributed by atoms with van der Waals surface area (Å²) >= 11 is 1.43. The van der Waals surface area contributed by atoms with E-state index in [0.29, 0.717) is 0 Å². The van der Waals surface area contributed by atoms with E-state index in [1.165, 1.54) is 17.6 Å². The van der Waals surface area contributed by atoms with Gasteiger partial charge in [0, 0.05) is 16.9 Å². The lowest BCUT2D eigenvalue weighted by atomic mass is 10.2. The molecule has 5 heteroatoms. The number of hydrogen-bond acceptors (Lipinski definition) is 3. The lowest BCUT2D eigenvalue weighted by Gasteiger charge is -2.24. The molecule has 0 atom stereocenters. The zero-order valence-electron chi connectivity index (χ0n) is 8.53. The van der Waals surface area contributed by atoms with Gasteiger partial charge in [0.1, 0.15) is 6.10 Å². The molecule has 1 heterocycles. The predicted octanol–water partition coefficient (Wildman–Crippen LogP) is 0.768. The van der Waals surface area contributed by atoms with Gasteiger partial charge in [0.05, 0.1) is 13.2 Å². The zero-order chi connectivity index (χ0) is 9.10. The summed E-state index contributed by atoms with van der Waals surface area (Å²) in [6.45, 7) is 3.55. The van der Waals surface area contributed by atoms with E-state index in [1.807, 2.05) is 0 Å². The fourth-order valence-corrected chi connectivity index (χ4v) is 1.59. The number of aryl methyl sites for hydroxylation is 1. The van der Waals surface area contributed by atoms with Gasteiger partial charge in [0.2, 0.25) is 0 Å². The fraction of sp³-hybridized carbons (Fsp3) is 0.400. The fourth-order valence-electron chi connectivity index (χ4n) is 0.987. The molecule has 1 saturated heterocycles. The van der Waals surface area contributed by atoms with Gasteiger partial charge in [-0.3, -0.25) is 0 Å². The summed E-state index contributed by atoms with van der Waals surface area (Å²) in [4.78, 5) is 1.15. The van der Waals surface area contributed by atoms with E-state index >= 15 is 0 Å². The Labute approximate surface area is 93.4 Å². The molecular weight excluding hydrogens is 216 g/mol. The van der Waals surface area contributed by atoms with E-state index in [1.54, 1.807) is 0 Å². The van der Waals surface area contributed by atoms with E-state index < -0.39 is 0 Å². The van der Waals surface area contributed by atoms with E-state index in [4.69, 9.17) is 8.92 Å². The van der Waals surface area contributed by atoms with Crippen LogP contribution in [0.5, 0.6) is 0 Å². The van der Waals surface area contributed by atoms with Crippen LogP contribution >= 0.6 is 12.0 Å². The predicted molar refractivity (Wildman–Crippen MR) is 60.0 cm³/mol. The highest BCUT2D eigenvalue weighted by atomic mass is 32.2. The average Bonchev–Trinajstić information content (AvgIpc) is 2.05. The molecule has 0 aliphatic carbocycles. The summed E-state index contributed by atoms with van der Waals surface area (Å²) in [5.41, 5.74) is 1.27. The van der Waals surface area contributed by atoms with Gasteiger partial charge in [-0.1, -0.05) is 17.7 Å². The molecule has 2 rings (SSSR count). The van der Waals surface area contributed by atoms with Crippen LogP contribution in [0.2, 0.25) is 0 Å². The van der Waals surface area contributed by atoms with E-state index in [0.717, 1.165) is 18.1 Å². The average molecular weight is 232 g/mol. The van der Waals surface area contributed by atoms with Crippen molar-refractivity contribution in [1.29, 1.82) is 0 Å². The Hall–Kier alpha value is -0.590. The highest BCUT2D eigenvalue weighted by molar-refractivity contribution is 7.94. The second-order valence-electron chi connectivity index (χ2n) is 3.15. The van der Waals surface area contributed by atoms with Crippen LogP contribution in [0.4, 0.5) is 0 Å². The Bertz CT molecular complexity index is 271. The Morgan fingerprint density at radius 2 is 1.80 bits per heavy atom. The van der Waals surface area contributed by atoms with Gasteiger partial charge >= 0.3 is 0 Å². The van der Waals surface area contributed by atoms with Crippen molar-refractivity contribution in [2.75, 3.05) is 13.2 Å². The molecule has 86 valence electrons. The van der Waals surface area contributed by atoms with Gasteiger partial charge in [-0.05, 0) is 19.1 Å². The minimum atomic E-state index is 0. The maximum absolute atomic E-state index is 5.50.